The van der Waals surface area contributed by atoms with Gasteiger partial charge in [-0.1, -0.05) is 29.8 Å². The number of nitrogens with zero attached hydrogens (tertiary/aromatic N) is 2. The van der Waals surface area contributed by atoms with Gasteiger partial charge in [-0.15, -0.1) is 0 Å². The lowest BCUT2D eigenvalue weighted by Crippen LogP contribution is -2.16. The Morgan fingerprint density at radius 2 is 2.08 bits per heavy atom. The van der Waals surface area contributed by atoms with E-state index in [1.54, 1.807) is 12.1 Å². The molecule has 2 aromatic heterocycles. The van der Waals surface area contributed by atoms with E-state index in [0.717, 1.165) is 21.9 Å². The minimum absolute atomic E-state index is 0.243. The van der Waals surface area contributed by atoms with Crippen LogP contribution in [0.3, 0.4) is 0 Å². The van der Waals surface area contributed by atoms with E-state index < -0.39 is 0 Å². The molecule has 0 aliphatic carbocycles. The second-order valence-electron chi connectivity index (χ2n) is 5.51. The van der Waals surface area contributed by atoms with Crippen LogP contribution >= 0.6 is 11.6 Å². The van der Waals surface area contributed by atoms with Crippen molar-refractivity contribution in [2.75, 3.05) is 5.32 Å². The van der Waals surface area contributed by atoms with Crippen LogP contribution in [0.25, 0.3) is 21.9 Å². The number of aromatic nitrogens is 3. The summed E-state index contributed by atoms with van der Waals surface area (Å²) in [4.78, 5) is 20.2. The zero-order chi connectivity index (χ0) is 16.7. The highest BCUT2D eigenvalue weighted by Gasteiger charge is 2.15. The number of aromatic amines is 1. The summed E-state index contributed by atoms with van der Waals surface area (Å²) in [5.41, 5.74) is 3.13. The summed E-state index contributed by atoms with van der Waals surface area (Å²) in [7, 11) is 0. The minimum Gasteiger partial charge on any atom is -0.350 e. The van der Waals surface area contributed by atoms with Crippen molar-refractivity contribution >= 4 is 45.4 Å². The number of halogens is 1. The molecular weight excluding hydrogens is 324 g/mol. The number of hydrogen-bond donors (Lipinski definition) is 2. The SMILES string of the molecule is CCn1c(NC(=O)c2cc3c(Cl)cccc3[nH]2)nc2ccccc21. The van der Waals surface area contributed by atoms with Crippen molar-refractivity contribution in [3.05, 3.63) is 59.2 Å². The summed E-state index contributed by atoms with van der Waals surface area (Å²) in [6, 6.07) is 15.1. The average Bonchev–Trinajstić information content (AvgIpc) is 3.16. The first-order chi connectivity index (χ1) is 11.7. The first-order valence-electron chi connectivity index (χ1n) is 7.71. The highest BCUT2D eigenvalue weighted by molar-refractivity contribution is 6.35. The van der Waals surface area contributed by atoms with Crippen LogP contribution in [-0.2, 0) is 6.54 Å². The van der Waals surface area contributed by atoms with Crippen LogP contribution in [0.15, 0.2) is 48.5 Å². The van der Waals surface area contributed by atoms with Gasteiger partial charge in [-0.25, -0.2) is 4.98 Å². The predicted molar refractivity (Wildman–Crippen MR) is 96.7 cm³/mol. The quantitative estimate of drug-likeness (QED) is 0.580. The number of H-pyrrole nitrogens is 1. The highest BCUT2D eigenvalue weighted by atomic mass is 35.5. The third kappa shape index (κ3) is 2.34. The van der Waals surface area contributed by atoms with Crippen LogP contribution in [-0.4, -0.2) is 20.4 Å². The fourth-order valence-electron chi connectivity index (χ4n) is 2.90. The van der Waals surface area contributed by atoms with E-state index in [1.807, 2.05) is 47.9 Å². The summed E-state index contributed by atoms with van der Waals surface area (Å²) in [6.45, 7) is 2.74. The van der Waals surface area contributed by atoms with Gasteiger partial charge < -0.3 is 9.55 Å². The van der Waals surface area contributed by atoms with E-state index >= 15 is 0 Å². The number of anilines is 1. The van der Waals surface area contributed by atoms with Gasteiger partial charge in [-0.05, 0) is 37.3 Å². The molecule has 24 heavy (non-hydrogen) atoms. The van der Waals surface area contributed by atoms with E-state index in [4.69, 9.17) is 11.6 Å². The number of benzene rings is 2. The molecule has 0 saturated heterocycles. The number of carbonyl (C=O) groups excluding carboxylic acids is 1. The summed E-state index contributed by atoms with van der Waals surface area (Å²) in [5.74, 6) is 0.292. The van der Waals surface area contributed by atoms with Gasteiger partial charge in [-0.3, -0.25) is 10.1 Å². The van der Waals surface area contributed by atoms with Crippen molar-refractivity contribution < 1.29 is 4.79 Å². The van der Waals surface area contributed by atoms with Crippen molar-refractivity contribution in [1.82, 2.24) is 14.5 Å². The van der Waals surface area contributed by atoms with Crippen LogP contribution in [0.1, 0.15) is 17.4 Å². The predicted octanol–water partition coefficient (Wildman–Crippen LogP) is 4.44. The summed E-state index contributed by atoms with van der Waals surface area (Å²) < 4.78 is 1.98. The van der Waals surface area contributed by atoms with Gasteiger partial charge in [-0.2, -0.15) is 0 Å². The minimum atomic E-state index is -0.243. The van der Waals surface area contributed by atoms with Crippen molar-refractivity contribution in [1.29, 1.82) is 0 Å². The number of hydrogen-bond acceptors (Lipinski definition) is 2. The van der Waals surface area contributed by atoms with Crippen molar-refractivity contribution in [3.8, 4) is 0 Å². The first-order valence-corrected chi connectivity index (χ1v) is 8.09. The Morgan fingerprint density at radius 3 is 2.88 bits per heavy atom. The molecular formula is C18H15ClN4O. The maximum absolute atomic E-state index is 12.6. The molecule has 1 amide bonds. The number of carbonyl (C=O) groups is 1. The largest absolute Gasteiger partial charge is 0.350 e. The fraction of sp³-hybridized carbons (Fsp3) is 0.111. The summed E-state index contributed by atoms with van der Waals surface area (Å²) >= 11 is 6.17. The van der Waals surface area contributed by atoms with Crippen LogP contribution < -0.4 is 5.32 Å². The standard InChI is InChI=1S/C18H15ClN4O/c1-2-23-16-9-4-3-7-14(16)21-18(23)22-17(24)15-10-11-12(19)6-5-8-13(11)20-15/h3-10,20H,2H2,1H3,(H,21,22,24). The van der Waals surface area contributed by atoms with Crippen LogP contribution in [0.2, 0.25) is 5.02 Å². The lowest BCUT2D eigenvalue weighted by atomic mass is 10.2. The molecule has 120 valence electrons. The van der Waals surface area contributed by atoms with Gasteiger partial charge in [0.15, 0.2) is 0 Å². The van der Waals surface area contributed by atoms with Crippen LogP contribution in [0.4, 0.5) is 5.95 Å². The highest BCUT2D eigenvalue weighted by Crippen LogP contribution is 2.25. The molecule has 0 radical (unpaired) electrons. The van der Waals surface area contributed by atoms with Crippen molar-refractivity contribution in [2.24, 2.45) is 0 Å². The van der Waals surface area contributed by atoms with Gasteiger partial charge in [0.05, 0.1) is 11.0 Å². The Morgan fingerprint density at radius 1 is 1.25 bits per heavy atom. The first kappa shape index (κ1) is 14.8. The van der Waals surface area contributed by atoms with Gasteiger partial charge in [0, 0.05) is 22.5 Å². The number of imidazole rings is 1. The molecule has 5 nitrogen and oxygen atoms in total. The third-order valence-corrected chi connectivity index (χ3v) is 4.38. The molecule has 2 N–H and O–H groups in total. The normalized spacial score (nSPS) is 11.2. The van der Waals surface area contributed by atoms with Crippen LogP contribution in [0, 0.1) is 0 Å². The zero-order valence-corrected chi connectivity index (χ0v) is 13.8. The Bertz CT molecular complexity index is 1060. The Labute approximate surface area is 143 Å². The van der Waals surface area contributed by atoms with Gasteiger partial charge in [0.25, 0.3) is 5.91 Å². The molecule has 2 aromatic carbocycles. The lowest BCUT2D eigenvalue weighted by molar-refractivity contribution is 0.102. The molecule has 0 spiro atoms. The zero-order valence-electron chi connectivity index (χ0n) is 13.0. The molecule has 0 saturated carbocycles. The van der Waals surface area contributed by atoms with Crippen molar-refractivity contribution in [3.63, 3.8) is 0 Å². The molecule has 4 rings (SSSR count). The van der Waals surface area contributed by atoms with E-state index in [-0.39, 0.29) is 5.91 Å². The van der Waals surface area contributed by atoms with Crippen LogP contribution in [0.5, 0.6) is 0 Å². The topological polar surface area (TPSA) is 62.7 Å². The van der Waals surface area contributed by atoms with Gasteiger partial charge in [0.2, 0.25) is 5.95 Å². The molecule has 2 heterocycles. The van der Waals surface area contributed by atoms with E-state index in [0.29, 0.717) is 23.2 Å². The number of rotatable bonds is 3. The number of nitrogens with one attached hydrogen (secondary N) is 2. The molecule has 0 aliphatic heterocycles. The molecule has 0 unspecified atom stereocenters. The summed E-state index contributed by atoms with van der Waals surface area (Å²) in [5, 5.41) is 4.33. The Balaban J connectivity index is 1.72. The van der Waals surface area contributed by atoms with Gasteiger partial charge >= 0.3 is 0 Å². The smallest absolute Gasteiger partial charge is 0.274 e. The number of aryl methyl sites for hydroxylation is 1. The molecule has 0 bridgehead atoms. The second-order valence-corrected chi connectivity index (χ2v) is 5.91. The molecule has 0 fully saturated rings. The molecule has 0 atom stereocenters. The maximum atomic E-state index is 12.6. The number of para-hydroxylation sites is 2. The average molecular weight is 339 g/mol. The van der Waals surface area contributed by atoms with E-state index in [9.17, 15) is 4.79 Å². The number of fused-ring (bicyclic) bond motifs is 2. The Kier molecular flexibility index (Phi) is 3.50. The Hall–Kier alpha value is -2.79. The molecule has 6 heteroatoms. The van der Waals surface area contributed by atoms with Crippen molar-refractivity contribution in [2.45, 2.75) is 13.5 Å². The third-order valence-electron chi connectivity index (χ3n) is 4.05. The summed E-state index contributed by atoms with van der Waals surface area (Å²) in [6.07, 6.45) is 0. The lowest BCUT2D eigenvalue weighted by Gasteiger charge is -2.06. The number of amides is 1. The molecule has 0 aliphatic rings. The second kappa shape index (κ2) is 5.69. The van der Waals surface area contributed by atoms with E-state index in [2.05, 4.69) is 15.3 Å². The van der Waals surface area contributed by atoms with E-state index in [1.165, 1.54) is 0 Å². The molecule has 4 aromatic rings. The fourth-order valence-corrected chi connectivity index (χ4v) is 3.13. The monoisotopic (exact) mass is 338 g/mol. The van der Waals surface area contributed by atoms with Gasteiger partial charge in [0.1, 0.15) is 5.69 Å². The maximum Gasteiger partial charge on any atom is 0.274 e.